The van der Waals surface area contributed by atoms with Gasteiger partial charge in [0.1, 0.15) is 5.84 Å². The molecule has 1 aliphatic carbocycles. The van der Waals surface area contributed by atoms with E-state index in [0.29, 0.717) is 11.8 Å². The Morgan fingerprint density at radius 1 is 1.33 bits per heavy atom. The molecule has 15 heavy (non-hydrogen) atoms. The molecule has 0 radical (unpaired) electrons. The lowest BCUT2D eigenvalue weighted by atomic mass is 9.71. The average molecular weight is 204 g/mol. The molecule has 0 amide bonds. The van der Waals surface area contributed by atoms with Gasteiger partial charge in [-0.1, -0.05) is 35.0 Å². The maximum absolute atomic E-state index is 8.53. The standard InChI is InChI=1S/C12H16N2O/c1-8-2-4-9(5-3-8)10-6-11(7-10)12(13)14-15/h2-5,10-11,15H,6-7H2,1H3,(H2,13,14). The predicted octanol–water partition coefficient (Wildman–Crippen LogP) is 2.24. The van der Waals surface area contributed by atoms with Crippen LogP contribution in [0.4, 0.5) is 0 Å². The minimum absolute atomic E-state index is 0.265. The number of oxime groups is 1. The van der Waals surface area contributed by atoms with Crippen molar-refractivity contribution in [3.05, 3.63) is 35.4 Å². The zero-order valence-electron chi connectivity index (χ0n) is 8.85. The van der Waals surface area contributed by atoms with Crippen LogP contribution in [-0.4, -0.2) is 11.0 Å². The summed E-state index contributed by atoms with van der Waals surface area (Å²) in [5, 5.41) is 11.6. The molecule has 3 N–H and O–H groups in total. The van der Waals surface area contributed by atoms with Gasteiger partial charge in [-0.15, -0.1) is 0 Å². The number of aryl methyl sites for hydroxylation is 1. The van der Waals surface area contributed by atoms with Gasteiger partial charge in [0.2, 0.25) is 0 Å². The Hall–Kier alpha value is -1.51. The quantitative estimate of drug-likeness (QED) is 0.336. The Balaban J connectivity index is 1.97. The van der Waals surface area contributed by atoms with Gasteiger partial charge in [0.25, 0.3) is 0 Å². The topological polar surface area (TPSA) is 58.6 Å². The van der Waals surface area contributed by atoms with Gasteiger partial charge in [0.15, 0.2) is 0 Å². The van der Waals surface area contributed by atoms with Crippen LogP contribution in [0.25, 0.3) is 0 Å². The van der Waals surface area contributed by atoms with Crippen molar-refractivity contribution in [2.45, 2.75) is 25.7 Å². The van der Waals surface area contributed by atoms with Gasteiger partial charge in [0.05, 0.1) is 0 Å². The van der Waals surface area contributed by atoms with Gasteiger partial charge in [-0.2, -0.15) is 0 Å². The first kappa shape index (κ1) is 10.0. The van der Waals surface area contributed by atoms with E-state index < -0.39 is 0 Å². The summed E-state index contributed by atoms with van der Waals surface area (Å²) in [5.74, 6) is 1.22. The van der Waals surface area contributed by atoms with Crippen molar-refractivity contribution in [2.75, 3.05) is 0 Å². The predicted molar refractivity (Wildman–Crippen MR) is 60.1 cm³/mol. The lowest BCUT2D eigenvalue weighted by molar-refractivity contribution is 0.292. The summed E-state index contributed by atoms with van der Waals surface area (Å²) >= 11 is 0. The number of hydrogen-bond donors (Lipinski definition) is 2. The van der Waals surface area contributed by atoms with Gasteiger partial charge in [-0.3, -0.25) is 0 Å². The van der Waals surface area contributed by atoms with Gasteiger partial charge in [0, 0.05) is 5.92 Å². The minimum atomic E-state index is 0.265. The molecule has 0 bridgehead atoms. The van der Waals surface area contributed by atoms with Crippen molar-refractivity contribution in [3.63, 3.8) is 0 Å². The summed E-state index contributed by atoms with van der Waals surface area (Å²) in [6, 6.07) is 8.60. The lowest BCUT2D eigenvalue weighted by Gasteiger charge is -2.34. The number of hydrogen-bond acceptors (Lipinski definition) is 2. The first-order valence-corrected chi connectivity index (χ1v) is 5.24. The molecule has 2 rings (SSSR count). The summed E-state index contributed by atoms with van der Waals surface area (Å²) in [5.41, 5.74) is 8.19. The van der Waals surface area contributed by atoms with E-state index in [9.17, 15) is 0 Å². The molecule has 1 aromatic rings. The van der Waals surface area contributed by atoms with Crippen LogP contribution in [0.3, 0.4) is 0 Å². The third-order valence-corrected chi connectivity index (χ3v) is 3.22. The number of benzene rings is 1. The van der Waals surface area contributed by atoms with Crippen LogP contribution in [0.1, 0.15) is 29.9 Å². The molecule has 1 fully saturated rings. The third kappa shape index (κ3) is 1.96. The fraction of sp³-hybridized carbons (Fsp3) is 0.417. The van der Waals surface area contributed by atoms with E-state index in [-0.39, 0.29) is 5.92 Å². The molecular weight excluding hydrogens is 188 g/mol. The number of rotatable bonds is 2. The van der Waals surface area contributed by atoms with Crippen molar-refractivity contribution in [1.29, 1.82) is 0 Å². The van der Waals surface area contributed by atoms with E-state index in [1.165, 1.54) is 11.1 Å². The first-order valence-electron chi connectivity index (χ1n) is 5.24. The lowest BCUT2D eigenvalue weighted by Crippen LogP contribution is -2.34. The van der Waals surface area contributed by atoms with Crippen LogP contribution in [0, 0.1) is 12.8 Å². The second kappa shape index (κ2) is 3.93. The Labute approximate surface area is 89.6 Å². The van der Waals surface area contributed by atoms with E-state index >= 15 is 0 Å². The Morgan fingerprint density at radius 3 is 2.47 bits per heavy atom. The molecule has 1 saturated carbocycles. The van der Waals surface area contributed by atoms with Crippen LogP contribution in [0.2, 0.25) is 0 Å². The normalized spacial score (nSPS) is 26.1. The summed E-state index contributed by atoms with van der Waals surface area (Å²) in [4.78, 5) is 0. The van der Waals surface area contributed by atoms with Crippen LogP contribution in [0.15, 0.2) is 29.4 Å². The van der Waals surface area contributed by atoms with Gasteiger partial charge in [-0.05, 0) is 31.2 Å². The van der Waals surface area contributed by atoms with Crippen molar-refractivity contribution in [2.24, 2.45) is 16.8 Å². The highest BCUT2D eigenvalue weighted by Gasteiger charge is 2.32. The number of nitrogens with zero attached hydrogens (tertiary/aromatic N) is 1. The molecule has 0 aliphatic heterocycles. The van der Waals surface area contributed by atoms with E-state index in [1.54, 1.807) is 0 Å². The average Bonchev–Trinajstić information content (AvgIpc) is 2.18. The highest BCUT2D eigenvalue weighted by atomic mass is 16.4. The third-order valence-electron chi connectivity index (χ3n) is 3.22. The molecule has 0 saturated heterocycles. The van der Waals surface area contributed by atoms with Crippen molar-refractivity contribution in [1.82, 2.24) is 0 Å². The Kier molecular flexibility index (Phi) is 2.62. The fourth-order valence-corrected chi connectivity index (χ4v) is 2.05. The van der Waals surface area contributed by atoms with Crippen LogP contribution >= 0.6 is 0 Å². The summed E-state index contributed by atoms with van der Waals surface area (Å²) in [6.45, 7) is 2.09. The minimum Gasteiger partial charge on any atom is -0.409 e. The molecule has 0 spiro atoms. The van der Waals surface area contributed by atoms with Gasteiger partial charge >= 0.3 is 0 Å². The van der Waals surface area contributed by atoms with E-state index in [4.69, 9.17) is 10.9 Å². The van der Waals surface area contributed by atoms with Gasteiger partial charge < -0.3 is 10.9 Å². The highest BCUT2D eigenvalue weighted by Crippen LogP contribution is 2.41. The molecule has 3 nitrogen and oxygen atoms in total. The summed E-state index contributed by atoms with van der Waals surface area (Å²) in [7, 11) is 0. The maximum Gasteiger partial charge on any atom is 0.142 e. The Bertz CT molecular complexity index is 364. The summed E-state index contributed by atoms with van der Waals surface area (Å²) < 4.78 is 0. The smallest absolute Gasteiger partial charge is 0.142 e. The van der Waals surface area contributed by atoms with E-state index in [0.717, 1.165) is 12.8 Å². The molecule has 3 heteroatoms. The Morgan fingerprint density at radius 2 is 1.93 bits per heavy atom. The van der Waals surface area contributed by atoms with Crippen LogP contribution < -0.4 is 5.73 Å². The molecule has 1 aromatic carbocycles. The molecule has 0 aromatic heterocycles. The van der Waals surface area contributed by atoms with E-state index in [2.05, 4.69) is 36.3 Å². The second-order valence-electron chi connectivity index (χ2n) is 4.30. The fourth-order valence-electron chi connectivity index (χ4n) is 2.05. The zero-order valence-corrected chi connectivity index (χ0v) is 8.85. The largest absolute Gasteiger partial charge is 0.409 e. The molecule has 0 unspecified atom stereocenters. The number of nitrogens with two attached hydrogens (primary N) is 1. The van der Waals surface area contributed by atoms with Gasteiger partial charge in [-0.25, -0.2) is 0 Å². The van der Waals surface area contributed by atoms with Crippen molar-refractivity contribution < 1.29 is 5.21 Å². The molecular formula is C12H16N2O. The number of amidine groups is 1. The second-order valence-corrected chi connectivity index (χ2v) is 4.30. The maximum atomic E-state index is 8.53. The molecule has 0 heterocycles. The van der Waals surface area contributed by atoms with Crippen molar-refractivity contribution >= 4 is 5.84 Å². The van der Waals surface area contributed by atoms with Crippen LogP contribution in [-0.2, 0) is 0 Å². The SMILES string of the molecule is Cc1ccc(C2CC(/C(N)=N/O)C2)cc1. The monoisotopic (exact) mass is 204 g/mol. The van der Waals surface area contributed by atoms with Crippen molar-refractivity contribution in [3.8, 4) is 0 Å². The van der Waals surface area contributed by atoms with Crippen LogP contribution in [0.5, 0.6) is 0 Å². The molecule has 0 atom stereocenters. The summed E-state index contributed by atoms with van der Waals surface area (Å²) in [6.07, 6.45) is 2.00. The molecule has 1 aliphatic rings. The zero-order chi connectivity index (χ0) is 10.8. The first-order chi connectivity index (χ1) is 7.20. The highest BCUT2D eigenvalue weighted by molar-refractivity contribution is 5.83. The van der Waals surface area contributed by atoms with E-state index in [1.807, 2.05) is 0 Å². The molecule has 80 valence electrons.